The number of hydrogen-bond donors (Lipinski definition) is 0. The van der Waals surface area contributed by atoms with Gasteiger partial charge in [0, 0.05) is 51.7 Å². The Bertz CT molecular complexity index is 979. The molecular formula is C20H24N4O3S. The summed E-state index contributed by atoms with van der Waals surface area (Å²) in [6.45, 7) is 4.77. The third-order valence-electron chi connectivity index (χ3n) is 4.89. The van der Waals surface area contributed by atoms with Crippen LogP contribution in [0.5, 0.6) is 5.75 Å². The molecule has 1 aliphatic rings. The van der Waals surface area contributed by atoms with Gasteiger partial charge in [0.25, 0.3) is 0 Å². The van der Waals surface area contributed by atoms with Gasteiger partial charge in [-0.05, 0) is 24.3 Å². The van der Waals surface area contributed by atoms with E-state index in [9.17, 15) is 8.42 Å². The summed E-state index contributed by atoms with van der Waals surface area (Å²) in [7, 11) is -3.58. The maximum atomic E-state index is 12.2. The van der Waals surface area contributed by atoms with Crippen molar-refractivity contribution in [1.29, 1.82) is 0 Å². The summed E-state index contributed by atoms with van der Waals surface area (Å²) < 4.78 is 31.5. The average Bonchev–Trinajstić information content (AvgIpc) is 3.10. The fraction of sp³-hybridized carbons (Fsp3) is 0.350. The molecule has 28 heavy (non-hydrogen) atoms. The maximum Gasteiger partial charge on any atom is 0.310 e. The van der Waals surface area contributed by atoms with Crippen LogP contribution in [0.3, 0.4) is 0 Å². The minimum Gasteiger partial charge on any atom is -0.382 e. The standard InChI is InChI=1S/C20H24N4O3S/c25-28(26,27-19-6-2-1-3-7-19)15-14-22-10-12-23(13-11-22)16-18-17-24-9-5-4-8-20(24)21-18/h1-9,17H,10-16H2. The Morgan fingerprint density at radius 1 is 0.929 bits per heavy atom. The molecule has 1 aliphatic heterocycles. The molecule has 2 aromatic heterocycles. The predicted octanol–water partition coefficient (Wildman–Crippen LogP) is 1.86. The second kappa shape index (κ2) is 8.30. The number of piperazine rings is 1. The molecule has 0 spiro atoms. The van der Waals surface area contributed by atoms with Crippen molar-refractivity contribution in [3.05, 3.63) is 66.6 Å². The van der Waals surface area contributed by atoms with Crippen LogP contribution < -0.4 is 4.18 Å². The molecule has 148 valence electrons. The maximum absolute atomic E-state index is 12.2. The van der Waals surface area contributed by atoms with Gasteiger partial charge in [-0.25, -0.2) is 4.98 Å². The highest BCUT2D eigenvalue weighted by Gasteiger charge is 2.21. The van der Waals surface area contributed by atoms with E-state index in [1.54, 1.807) is 24.3 Å². The SMILES string of the molecule is O=S(=O)(CCN1CCN(Cc2cn3ccccc3n2)CC1)Oc1ccccc1. The normalized spacial score (nSPS) is 16.4. The number of imidazole rings is 1. The number of rotatable bonds is 7. The van der Waals surface area contributed by atoms with Gasteiger partial charge in [-0.15, -0.1) is 0 Å². The van der Waals surface area contributed by atoms with Gasteiger partial charge in [0.05, 0.1) is 11.4 Å². The molecule has 0 radical (unpaired) electrons. The van der Waals surface area contributed by atoms with Gasteiger partial charge in [-0.1, -0.05) is 24.3 Å². The molecular weight excluding hydrogens is 376 g/mol. The van der Waals surface area contributed by atoms with E-state index in [1.807, 2.05) is 34.9 Å². The molecule has 0 amide bonds. The van der Waals surface area contributed by atoms with E-state index < -0.39 is 10.1 Å². The lowest BCUT2D eigenvalue weighted by Crippen LogP contribution is -2.47. The van der Waals surface area contributed by atoms with Gasteiger partial charge >= 0.3 is 10.1 Å². The largest absolute Gasteiger partial charge is 0.382 e. The van der Waals surface area contributed by atoms with Crippen molar-refractivity contribution in [3.8, 4) is 5.75 Å². The van der Waals surface area contributed by atoms with Crippen LogP contribution in [0.1, 0.15) is 5.69 Å². The van der Waals surface area contributed by atoms with Crippen molar-refractivity contribution in [2.24, 2.45) is 0 Å². The molecule has 0 bridgehead atoms. The lowest BCUT2D eigenvalue weighted by atomic mass is 10.3. The summed E-state index contributed by atoms with van der Waals surface area (Å²) in [5, 5.41) is 0. The Labute approximate surface area is 165 Å². The summed E-state index contributed by atoms with van der Waals surface area (Å²) >= 11 is 0. The summed E-state index contributed by atoms with van der Waals surface area (Å²) in [5.41, 5.74) is 2.01. The summed E-state index contributed by atoms with van der Waals surface area (Å²) in [6.07, 6.45) is 4.07. The highest BCUT2D eigenvalue weighted by atomic mass is 32.2. The van der Waals surface area contributed by atoms with Gasteiger partial charge in [-0.3, -0.25) is 9.80 Å². The third kappa shape index (κ3) is 4.89. The van der Waals surface area contributed by atoms with Crippen molar-refractivity contribution in [1.82, 2.24) is 19.2 Å². The molecule has 4 rings (SSSR count). The molecule has 8 heteroatoms. The Morgan fingerprint density at radius 2 is 1.64 bits per heavy atom. The molecule has 7 nitrogen and oxygen atoms in total. The predicted molar refractivity (Wildman–Crippen MR) is 108 cm³/mol. The van der Waals surface area contributed by atoms with Crippen molar-refractivity contribution in [2.45, 2.75) is 6.54 Å². The summed E-state index contributed by atoms with van der Waals surface area (Å²) in [4.78, 5) is 9.17. The molecule has 0 N–H and O–H groups in total. The van der Waals surface area contributed by atoms with Crippen LogP contribution in [0.25, 0.3) is 5.65 Å². The molecule has 1 saturated heterocycles. The van der Waals surface area contributed by atoms with Crippen LogP contribution in [0.15, 0.2) is 60.9 Å². The molecule has 0 atom stereocenters. The van der Waals surface area contributed by atoms with Crippen molar-refractivity contribution in [3.63, 3.8) is 0 Å². The smallest absolute Gasteiger partial charge is 0.310 e. The molecule has 0 unspecified atom stereocenters. The fourth-order valence-corrected chi connectivity index (χ4v) is 4.34. The second-order valence-electron chi connectivity index (χ2n) is 6.97. The highest BCUT2D eigenvalue weighted by molar-refractivity contribution is 7.87. The first-order chi connectivity index (χ1) is 13.6. The summed E-state index contributed by atoms with van der Waals surface area (Å²) in [6, 6.07) is 14.6. The zero-order valence-corrected chi connectivity index (χ0v) is 16.5. The molecule has 0 saturated carbocycles. The number of aromatic nitrogens is 2. The van der Waals surface area contributed by atoms with Crippen LogP contribution in [0.4, 0.5) is 0 Å². The van der Waals surface area contributed by atoms with Crippen molar-refractivity contribution in [2.75, 3.05) is 38.5 Å². The topological polar surface area (TPSA) is 67.2 Å². The average molecular weight is 401 g/mol. The van der Waals surface area contributed by atoms with Crippen LogP contribution in [-0.2, 0) is 16.7 Å². The number of fused-ring (bicyclic) bond motifs is 1. The lowest BCUT2D eigenvalue weighted by Gasteiger charge is -2.34. The zero-order valence-electron chi connectivity index (χ0n) is 15.6. The van der Waals surface area contributed by atoms with Gasteiger partial charge in [0.2, 0.25) is 0 Å². The van der Waals surface area contributed by atoms with Gasteiger partial charge < -0.3 is 8.58 Å². The van der Waals surface area contributed by atoms with E-state index >= 15 is 0 Å². The highest BCUT2D eigenvalue weighted by Crippen LogP contribution is 2.13. The Hall–Kier alpha value is -2.42. The van der Waals surface area contributed by atoms with E-state index in [1.165, 1.54) is 0 Å². The quantitative estimate of drug-likeness (QED) is 0.564. The van der Waals surface area contributed by atoms with Gasteiger partial charge in [0.15, 0.2) is 0 Å². The number of hydrogen-bond acceptors (Lipinski definition) is 6. The van der Waals surface area contributed by atoms with Gasteiger partial charge in [-0.2, -0.15) is 8.42 Å². The van der Waals surface area contributed by atoms with Gasteiger partial charge in [0.1, 0.15) is 11.4 Å². The van der Waals surface area contributed by atoms with E-state index in [0.717, 1.165) is 44.1 Å². The zero-order chi connectivity index (χ0) is 19.4. The van der Waals surface area contributed by atoms with E-state index in [-0.39, 0.29) is 5.75 Å². The van der Waals surface area contributed by atoms with Crippen LogP contribution in [-0.4, -0.2) is 66.1 Å². The molecule has 1 fully saturated rings. The van der Waals surface area contributed by atoms with Crippen LogP contribution >= 0.6 is 0 Å². The lowest BCUT2D eigenvalue weighted by molar-refractivity contribution is 0.131. The number of benzene rings is 1. The number of pyridine rings is 1. The minimum absolute atomic E-state index is 0.00563. The molecule has 0 aliphatic carbocycles. The Kier molecular flexibility index (Phi) is 5.61. The summed E-state index contributed by atoms with van der Waals surface area (Å²) in [5.74, 6) is 0.355. The first-order valence-electron chi connectivity index (χ1n) is 9.42. The van der Waals surface area contributed by atoms with Crippen molar-refractivity contribution < 1.29 is 12.6 Å². The van der Waals surface area contributed by atoms with E-state index in [0.29, 0.717) is 12.3 Å². The van der Waals surface area contributed by atoms with E-state index in [4.69, 9.17) is 4.18 Å². The molecule has 3 heterocycles. The number of para-hydroxylation sites is 1. The Morgan fingerprint density at radius 3 is 2.39 bits per heavy atom. The minimum atomic E-state index is -3.58. The molecule has 3 aromatic rings. The monoisotopic (exact) mass is 400 g/mol. The Balaban J connectivity index is 1.24. The van der Waals surface area contributed by atoms with Crippen molar-refractivity contribution >= 4 is 15.8 Å². The first-order valence-corrected chi connectivity index (χ1v) is 11.0. The van der Waals surface area contributed by atoms with Crippen LogP contribution in [0, 0.1) is 0 Å². The third-order valence-corrected chi connectivity index (χ3v) is 6.02. The number of nitrogens with zero attached hydrogens (tertiary/aromatic N) is 4. The second-order valence-corrected chi connectivity index (χ2v) is 8.66. The fourth-order valence-electron chi connectivity index (χ4n) is 3.37. The molecule has 1 aromatic carbocycles. The first kappa shape index (κ1) is 18.9. The van der Waals surface area contributed by atoms with Crippen LogP contribution in [0.2, 0.25) is 0 Å². The van der Waals surface area contributed by atoms with E-state index in [2.05, 4.69) is 21.0 Å².